The molecule has 0 radical (unpaired) electrons. The van der Waals surface area contributed by atoms with Crippen LogP contribution in [0.2, 0.25) is 0 Å². The molecule has 0 saturated carbocycles. The summed E-state index contributed by atoms with van der Waals surface area (Å²) in [6, 6.07) is 7.16. The molecule has 158 valence electrons. The first-order chi connectivity index (χ1) is 15.0. The van der Waals surface area contributed by atoms with Crippen molar-refractivity contribution >= 4 is 22.6 Å². The molecular weight excluding hydrogens is 394 g/mol. The van der Waals surface area contributed by atoms with Gasteiger partial charge in [-0.1, -0.05) is 32.1 Å². The van der Waals surface area contributed by atoms with Crippen LogP contribution in [-0.4, -0.2) is 26.5 Å². The van der Waals surface area contributed by atoms with E-state index in [0.717, 1.165) is 18.4 Å². The standard InChI is InChI=1S/C23H23N5O3/c1-4-6-10-27-21(25-19(29)15-31-12-7-5-2)17(14-24)13-18-22(27)26-20-16(3)9-8-11-28(20)23(18)30/h5,7-9,11-13H,2,4,6,10,15H2,1,3H3/b12-7-,25-21?. The number of hydrogen-bond donors (Lipinski definition) is 0. The Kier molecular flexibility index (Phi) is 6.78. The smallest absolute Gasteiger partial charge is 0.285 e. The minimum atomic E-state index is -0.552. The van der Waals surface area contributed by atoms with Crippen molar-refractivity contribution in [3.05, 3.63) is 76.4 Å². The number of nitrogens with zero attached hydrogens (tertiary/aromatic N) is 5. The van der Waals surface area contributed by atoms with Crippen molar-refractivity contribution in [2.24, 2.45) is 4.99 Å². The number of ether oxygens (including phenoxy) is 1. The molecule has 1 amide bonds. The van der Waals surface area contributed by atoms with E-state index in [2.05, 4.69) is 17.6 Å². The van der Waals surface area contributed by atoms with E-state index in [0.29, 0.717) is 23.2 Å². The topological polar surface area (TPSA) is 102 Å². The predicted octanol–water partition coefficient (Wildman–Crippen LogP) is 2.77. The average molecular weight is 417 g/mol. The lowest BCUT2D eigenvalue weighted by molar-refractivity contribution is -0.120. The number of nitriles is 1. The Labute approximate surface area is 179 Å². The molecule has 0 N–H and O–H groups in total. The van der Waals surface area contributed by atoms with Gasteiger partial charge in [0.15, 0.2) is 12.1 Å². The van der Waals surface area contributed by atoms with E-state index in [1.54, 1.807) is 22.9 Å². The second kappa shape index (κ2) is 9.67. The summed E-state index contributed by atoms with van der Waals surface area (Å²) >= 11 is 0. The van der Waals surface area contributed by atoms with E-state index in [-0.39, 0.29) is 23.2 Å². The zero-order valence-corrected chi connectivity index (χ0v) is 17.5. The molecule has 0 unspecified atom stereocenters. The molecule has 0 atom stereocenters. The van der Waals surface area contributed by atoms with Gasteiger partial charge in [-0.05, 0) is 37.1 Å². The minimum absolute atomic E-state index is 0.130. The first-order valence-corrected chi connectivity index (χ1v) is 9.94. The van der Waals surface area contributed by atoms with Crippen LogP contribution in [0, 0.1) is 18.3 Å². The van der Waals surface area contributed by atoms with Crippen molar-refractivity contribution in [1.29, 1.82) is 5.26 Å². The van der Waals surface area contributed by atoms with E-state index in [4.69, 9.17) is 9.72 Å². The number of carbonyl (C=O) groups is 1. The number of pyridine rings is 2. The number of allylic oxidation sites excluding steroid dienone is 2. The van der Waals surface area contributed by atoms with Crippen molar-refractivity contribution in [2.45, 2.75) is 33.2 Å². The molecule has 3 aromatic rings. The number of aryl methyl sites for hydroxylation is 2. The summed E-state index contributed by atoms with van der Waals surface area (Å²) in [5.74, 6) is -0.552. The maximum absolute atomic E-state index is 13.1. The maximum atomic E-state index is 13.1. The van der Waals surface area contributed by atoms with Gasteiger partial charge in [0.2, 0.25) is 0 Å². The van der Waals surface area contributed by atoms with Gasteiger partial charge in [0, 0.05) is 12.7 Å². The van der Waals surface area contributed by atoms with Crippen LogP contribution in [0.3, 0.4) is 0 Å². The zero-order valence-electron chi connectivity index (χ0n) is 17.5. The van der Waals surface area contributed by atoms with Gasteiger partial charge in [-0.2, -0.15) is 10.3 Å². The molecule has 0 fully saturated rings. The maximum Gasteiger partial charge on any atom is 0.285 e. The van der Waals surface area contributed by atoms with Crippen molar-refractivity contribution in [3.8, 4) is 6.07 Å². The second-order valence-electron chi connectivity index (χ2n) is 6.92. The van der Waals surface area contributed by atoms with E-state index < -0.39 is 5.91 Å². The van der Waals surface area contributed by atoms with E-state index in [1.807, 2.05) is 19.9 Å². The number of aromatic nitrogens is 3. The lowest BCUT2D eigenvalue weighted by Crippen LogP contribution is -2.30. The van der Waals surface area contributed by atoms with Crippen LogP contribution in [0.25, 0.3) is 16.7 Å². The molecule has 0 spiro atoms. The summed E-state index contributed by atoms with van der Waals surface area (Å²) < 4.78 is 8.27. The summed E-state index contributed by atoms with van der Waals surface area (Å²) in [4.78, 5) is 34.4. The summed E-state index contributed by atoms with van der Waals surface area (Å²) in [6.45, 7) is 7.60. The highest BCUT2D eigenvalue weighted by molar-refractivity contribution is 5.80. The summed E-state index contributed by atoms with van der Waals surface area (Å²) in [5, 5.41) is 10.0. The lowest BCUT2D eigenvalue weighted by Gasteiger charge is -2.13. The highest BCUT2D eigenvalue weighted by Crippen LogP contribution is 2.13. The van der Waals surface area contributed by atoms with Gasteiger partial charge in [-0.15, -0.1) is 0 Å². The molecular formula is C23H23N5O3. The molecule has 3 heterocycles. The SMILES string of the molecule is C=C/C=C\OCC(=O)N=c1c(C#N)cc2c(=O)n3cccc(C)c3nc2n1CCCC. The van der Waals surface area contributed by atoms with Crippen molar-refractivity contribution in [1.82, 2.24) is 14.0 Å². The van der Waals surface area contributed by atoms with Crippen LogP contribution in [0.5, 0.6) is 0 Å². The Bertz CT molecular complexity index is 1360. The molecule has 0 bridgehead atoms. The van der Waals surface area contributed by atoms with E-state index in [1.165, 1.54) is 22.8 Å². The fourth-order valence-corrected chi connectivity index (χ4v) is 3.20. The van der Waals surface area contributed by atoms with Crippen LogP contribution in [-0.2, 0) is 16.1 Å². The average Bonchev–Trinajstić information content (AvgIpc) is 2.76. The van der Waals surface area contributed by atoms with Gasteiger partial charge in [0.1, 0.15) is 17.4 Å². The second-order valence-corrected chi connectivity index (χ2v) is 6.92. The number of fused-ring (bicyclic) bond motifs is 2. The fourth-order valence-electron chi connectivity index (χ4n) is 3.20. The largest absolute Gasteiger partial charge is 0.491 e. The summed E-state index contributed by atoms with van der Waals surface area (Å²) in [7, 11) is 0. The van der Waals surface area contributed by atoms with Gasteiger partial charge in [0.05, 0.1) is 17.2 Å². The van der Waals surface area contributed by atoms with Gasteiger partial charge in [-0.25, -0.2) is 4.98 Å². The molecule has 0 aliphatic heterocycles. The first kappa shape index (κ1) is 21.7. The molecule has 8 nitrogen and oxygen atoms in total. The highest BCUT2D eigenvalue weighted by Gasteiger charge is 2.15. The van der Waals surface area contributed by atoms with Crippen LogP contribution in [0.4, 0.5) is 0 Å². The first-order valence-electron chi connectivity index (χ1n) is 9.94. The van der Waals surface area contributed by atoms with Gasteiger partial charge in [-0.3, -0.25) is 14.0 Å². The quantitative estimate of drug-likeness (QED) is 0.334. The highest BCUT2D eigenvalue weighted by atomic mass is 16.5. The Morgan fingerprint density at radius 2 is 2.23 bits per heavy atom. The fraction of sp³-hybridized carbons (Fsp3) is 0.261. The molecule has 3 aromatic heterocycles. The molecule has 0 aliphatic rings. The zero-order chi connectivity index (χ0) is 22.4. The normalized spacial score (nSPS) is 11.8. The number of amides is 1. The van der Waals surface area contributed by atoms with Gasteiger partial charge >= 0.3 is 0 Å². The summed E-state index contributed by atoms with van der Waals surface area (Å²) in [6.07, 6.45) is 7.70. The Hall–Kier alpha value is -3.99. The molecule has 0 aliphatic carbocycles. The van der Waals surface area contributed by atoms with E-state index in [9.17, 15) is 14.9 Å². The molecule has 3 rings (SSSR count). The minimum Gasteiger partial charge on any atom is -0.491 e. The van der Waals surface area contributed by atoms with Crippen molar-refractivity contribution < 1.29 is 9.53 Å². The molecule has 0 aromatic carbocycles. The van der Waals surface area contributed by atoms with Crippen LogP contribution in [0.15, 0.2) is 59.2 Å². The summed E-state index contributed by atoms with van der Waals surface area (Å²) in [5.41, 5.74) is 1.78. The monoisotopic (exact) mass is 417 g/mol. The number of carbonyl (C=O) groups excluding carboxylic acids is 1. The van der Waals surface area contributed by atoms with Gasteiger partial charge < -0.3 is 9.30 Å². The Balaban J connectivity index is 2.32. The Morgan fingerprint density at radius 1 is 1.42 bits per heavy atom. The third-order valence-electron chi connectivity index (χ3n) is 4.71. The Morgan fingerprint density at radius 3 is 2.94 bits per heavy atom. The van der Waals surface area contributed by atoms with Crippen molar-refractivity contribution in [2.75, 3.05) is 6.61 Å². The van der Waals surface area contributed by atoms with Crippen LogP contribution in [0.1, 0.15) is 30.9 Å². The predicted molar refractivity (Wildman–Crippen MR) is 117 cm³/mol. The molecule has 0 saturated heterocycles. The third kappa shape index (κ3) is 4.46. The molecule has 8 heteroatoms. The van der Waals surface area contributed by atoms with Crippen molar-refractivity contribution in [3.63, 3.8) is 0 Å². The van der Waals surface area contributed by atoms with E-state index >= 15 is 0 Å². The third-order valence-corrected chi connectivity index (χ3v) is 4.71. The van der Waals surface area contributed by atoms with Crippen LogP contribution < -0.4 is 11.0 Å². The molecule has 31 heavy (non-hydrogen) atoms. The number of hydrogen-bond acceptors (Lipinski definition) is 5. The number of rotatable bonds is 7. The van der Waals surface area contributed by atoms with Crippen LogP contribution >= 0.6 is 0 Å². The number of unbranched alkanes of at least 4 members (excludes halogenated alkanes) is 1. The lowest BCUT2D eigenvalue weighted by atomic mass is 10.2. The van der Waals surface area contributed by atoms with Gasteiger partial charge in [0.25, 0.3) is 11.5 Å².